The molecule has 2 aromatic rings. The van der Waals surface area contributed by atoms with Gasteiger partial charge in [-0.2, -0.15) is 0 Å². The molecule has 160 valence electrons. The van der Waals surface area contributed by atoms with Crippen molar-refractivity contribution < 1.29 is 28.5 Å². The molecule has 1 aliphatic rings. The van der Waals surface area contributed by atoms with Crippen molar-refractivity contribution in [2.75, 3.05) is 19.8 Å². The second-order valence-electron chi connectivity index (χ2n) is 7.48. The first-order valence-electron chi connectivity index (χ1n) is 9.65. The van der Waals surface area contributed by atoms with E-state index in [2.05, 4.69) is 0 Å². The lowest BCUT2D eigenvalue weighted by atomic mass is 10.2. The van der Waals surface area contributed by atoms with Gasteiger partial charge < -0.3 is 18.9 Å². The van der Waals surface area contributed by atoms with E-state index in [9.17, 15) is 9.59 Å². The van der Waals surface area contributed by atoms with Gasteiger partial charge in [0, 0.05) is 0 Å². The van der Waals surface area contributed by atoms with E-state index < -0.39 is 17.7 Å². The summed E-state index contributed by atoms with van der Waals surface area (Å²) in [5.41, 5.74) is -0.166. The van der Waals surface area contributed by atoms with Crippen LogP contribution in [-0.4, -0.2) is 41.7 Å². The number of ether oxygens (including phenoxy) is 4. The van der Waals surface area contributed by atoms with E-state index in [1.165, 1.54) is 16.3 Å². The third-order valence-corrected chi connectivity index (χ3v) is 4.92. The van der Waals surface area contributed by atoms with Crippen molar-refractivity contribution in [1.29, 1.82) is 0 Å². The normalized spacial score (nSPS) is 13.5. The Morgan fingerprint density at radius 1 is 1.13 bits per heavy atom. The van der Waals surface area contributed by atoms with E-state index in [1.807, 2.05) is 20.8 Å². The van der Waals surface area contributed by atoms with E-state index in [4.69, 9.17) is 18.9 Å². The average Bonchev–Trinajstić information content (AvgIpc) is 2.89. The number of esters is 1. The minimum Gasteiger partial charge on any atom is -0.490 e. The van der Waals surface area contributed by atoms with Crippen molar-refractivity contribution in [2.24, 2.45) is 0 Å². The molecular formula is C22H25NO6S. The van der Waals surface area contributed by atoms with Crippen LogP contribution in [0.25, 0.3) is 0 Å². The maximum absolute atomic E-state index is 12.5. The number of rotatable bonds is 4. The lowest BCUT2D eigenvalue weighted by Gasteiger charge is -2.25. The molecule has 0 aliphatic carbocycles. The molecule has 0 spiro atoms. The summed E-state index contributed by atoms with van der Waals surface area (Å²) in [5, 5.41) is 0. The van der Waals surface area contributed by atoms with E-state index in [1.54, 1.807) is 49.4 Å². The number of carbonyl (C=O) groups excluding carboxylic acids is 2. The average molecular weight is 432 g/mol. The minimum atomic E-state index is -0.581. The predicted octanol–water partition coefficient (Wildman–Crippen LogP) is 5.29. The third-order valence-electron chi connectivity index (χ3n) is 3.85. The zero-order chi connectivity index (χ0) is 21.7. The second-order valence-corrected chi connectivity index (χ2v) is 8.54. The summed E-state index contributed by atoms with van der Waals surface area (Å²) in [6, 6.07) is 12.1. The minimum absolute atomic E-state index is 0.306. The Balaban J connectivity index is 1.76. The predicted molar refractivity (Wildman–Crippen MR) is 113 cm³/mol. The number of hydrogen-bond donors (Lipinski definition) is 0. The summed E-state index contributed by atoms with van der Waals surface area (Å²) in [7, 11) is 0. The van der Waals surface area contributed by atoms with E-state index in [0.717, 1.165) is 4.90 Å². The Bertz CT molecular complexity index is 924. The molecular weight excluding hydrogens is 406 g/mol. The highest BCUT2D eigenvalue weighted by molar-refractivity contribution is 7.97. The first kappa shape index (κ1) is 21.8. The fraction of sp³-hybridized carbons (Fsp3) is 0.364. The van der Waals surface area contributed by atoms with Gasteiger partial charge in [0.05, 0.1) is 23.6 Å². The van der Waals surface area contributed by atoms with Gasteiger partial charge in [-0.1, -0.05) is 6.07 Å². The van der Waals surface area contributed by atoms with Gasteiger partial charge in [-0.25, -0.2) is 13.9 Å². The molecule has 1 amide bonds. The van der Waals surface area contributed by atoms with Crippen LogP contribution in [0.4, 0.5) is 4.79 Å². The van der Waals surface area contributed by atoms with E-state index >= 15 is 0 Å². The number of benzene rings is 2. The fourth-order valence-electron chi connectivity index (χ4n) is 2.62. The van der Waals surface area contributed by atoms with Gasteiger partial charge in [0.25, 0.3) is 0 Å². The van der Waals surface area contributed by atoms with Crippen molar-refractivity contribution in [3.8, 4) is 17.2 Å². The van der Waals surface area contributed by atoms with E-state index in [-0.39, 0.29) is 0 Å². The maximum atomic E-state index is 12.5. The lowest BCUT2D eigenvalue weighted by Crippen LogP contribution is -2.34. The summed E-state index contributed by atoms with van der Waals surface area (Å²) in [6.45, 7) is 8.30. The summed E-state index contributed by atoms with van der Waals surface area (Å²) >= 11 is 1.25. The lowest BCUT2D eigenvalue weighted by molar-refractivity contribution is 0.0393. The highest BCUT2D eigenvalue weighted by atomic mass is 32.2. The molecule has 0 N–H and O–H groups in total. The Morgan fingerprint density at radius 3 is 2.63 bits per heavy atom. The van der Waals surface area contributed by atoms with Crippen molar-refractivity contribution in [3.63, 3.8) is 0 Å². The fourth-order valence-corrected chi connectivity index (χ4v) is 3.52. The zero-order valence-corrected chi connectivity index (χ0v) is 18.3. The first-order valence-corrected chi connectivity index (χ1v) is 10.4. The molecule has 7 nitrogen and oxygen atoms in total. The SMILES string of the molecule is CCOC(=O)c1cccc(Oc2ccc3c(c2)SN(C(=O)OC(C)(C)C)CCO3)c1. The van der Waals surface area contributed by atoms with E-state index in [0.29, 0.717) is 42.6 Å². The molecule has 0 unspecified atom stereocenters. The molecule has 0 radical (unpaired) electrons. The smallest absolute Gasteiger partial charge is 0.420 e. The molecule has 0 fully saturated rings. The van der Waals surface area contributed by atoms with Crippen LogP contribution in [0.5, 0.6) is 17.2 Å². The van der Waals surface area contributed by atoms with Crippen molar-refractivity contribution in [2.45, 2.75) is 38.2 Å². The standard InChI is InChI=1S/C22H25NO6S/c1-5-26-20(24)15-7-6-8-16(13-15)28-17-9-10-18-19(14-17)30-23(11-12-27-18)21(25)29-22(2,3)4/h6-10,13-14H,5,11-12H2,1-4H3. The molecule has 0 aromatic heterocycles. The maximum Gasteiger partial charge on any atom is 0.420 e. The van der Waals surface area contributed by atoms with Crippen LogP contribution in [0.15, 0.2) is 47.4 Å². The summed E-state index contributed by atoms with van der Waals surface area (Å²) in [5.74, 6) is 1.32. The zero-order valence-electron chi connectivity index (χ0n) is 17.5. The van der Waals surface area contributed by atoms with Gasteiger partial charge in [0.15, 0.2) is 0 Å². The highest BCUT2D eigenvalue weighted by Crippen LogP contribution is 2.38. The monoisotopic (exact) mass is 431 g/mol. The largest absolute Gasteiger partial charge is 0.490 e. The Morgan fingerprint density at radius 2 is 1.90 bits per heavy atom. The van der Waals surface area contributed by atoms with Gasteiger partial charge in [-0.15, -0.1) is 0 Å². The number of amides is 1. The molecule has 2 aromatic carbocycles. The molecule has 0 saturated carbocycles. The van der Waals surface area contributed by atoms with Crippen LogP contribution < -0.4 is 9.47 Å². The molecule has 0 bridgehead atoms. The number of nitrogens with zero attached hydrogens (tertiary/aromatic N) is 1. The van der Waals surface area contributed by atoms with Crippen LogP contribution >= 0.6 is 11.9 Å². The van der Waals surface area contributed by atoms with Crippen molar-refractivity contribution in [3.05, 3.63) is 48.0 Å². The summed E-state index contributed by atoms with van der Waals surface area (Å²) in [6.07, 6.45) is -0.419. The second kappa shape index (κ2) is 9.30. The topological polar surface area (TPSA) is 74.3 Å². The molecule has 1 aliphatic heterocycles. The van der Waals surface area contributed by atoms with Gasteiger partial charge in [-0.3, -0.25) is 0 Å². The molecule has 30 heavy (non-hydrogen) atoms. The van der Waals surface area contributed by atoms with Crippen LogP contribution in [-0.2, 0) is 9.47 Å². The third kappa shape index (κ3) is 5.82. The van der Waals surface area contributed by atoms with Gasteiger partial charge >= 0.3 is 12.1 Å². The van der Waals surface area contributed by atoms with Crippen LogP contribution in [0.2, 0.25) is 0 Å². The van der Waals surface area contributed by atoms with Crippen LogP contribution in [0, 0.1) is 0 Å². The number of hydrogen-bond acceptors (Lipinski definition) is 7. The van der Waals surface area contributed by atoms with Crippen LogP contribution in [0.3, 0.4) is 0 Å². The van der Waals surface area contributed by atoms with Crippen molar-refractivity contribution in [1.82, 2.24) is 4.31 Å². The number of carbonyl (C=O) groups is 2. The van der Waals surface area contributed by atoms with Gasteiger partial charge in [0.1, 0.15) is 29.5 Å². The van der Waals surface area contributed by atoms with Gasteiger partial charge in [0.2, 0.25) is 0 Å². The Kier molecular flexibility index (Phi) is 6.77. The van der Waals surface area contributed by atoms with Crippen molar-refractivity contribution >= 4 is 24.0 Å². The quantitative estimate of drug-likeness (QED) is 0.481. The highest BCUT2D eigenvalue weighted by Gasteiger charge is 2.26. The molecule has 3 rings (SSSR count). The summed E-state index contributed by atoms with van der Waals surface area (Å²) < 4.78 is 23.7. The van der Waals surface area contributed by atoms with Gasteiger partial charge in [-0.05, 0) is 76.0 Å². The Labute approximate surface area is 180 Å². The first-order chi connectivity index (χ1) is 14.2. The molecule has 1 heterocycles. The molecule has 8 heteroatoms. The van der Waals surface area contributed by atoms with Crippen LogP contribution in [0.1, 0.15) is 38.1 Å². The molecule has 0 saturated heterocycles. The Hall–Kier alpha value is -2.87. The molecule has 0 atom stereocenters. The summed E-state index contributed by atoms with van der Waals surface area (Å²) in [4.78, 5) is 25.1. The number of fused-ring (bicyclic) bond motifs is 1.